The number of hydrogen-bond donors (Lipinski definition) is 5. The molecular weight excluding hydrogens is 395 g/mol. The molecular formula is H9N3O6P2Pt. The fourth-order valence-electron chi connectivity index (χ4n) is 0.170. The fraction of sp³-hybridized carbons (Fsp3) is 0. The van der Waals surface area contributed by atoms with E-state index in [1.54, 1.807) is 0 Å². The van der Waals surface area contributed by atoms with Crippen LogP contribution >= 0.6 is 15.5 Å². The monoisotopic (exact) mass is 404 g/mol. The van der Waals surface area contributed by atoms with Crippen LogP contribution in [0.15, 0.2) is 0 Å². The Labute approximate surface area is 82.8 Å². The Morgan fingerprint density at radius 2 is 1.00 bits per heavy atom. The second kappa shape index (κ2) is 7.29. The molecule has 0 bridgehead atoms. The van der Waals surface area contributed by atoms with Gasteiger partial charge in [0, 0.05) is 0 Å². The molecule has 0 aromatic heterocycles. The van der Waals surface area contributed by atoms with Gasteiger partial charge in [0.25, 0.3) is 0 Å². The molecule has 9 N–H and O–H groups in total. The summed E-state index contributed by atoms with van der Waals surface area (Å²) < 4.78 is 19.5. The van der Waals surface area contributed by atoms with E-state index in [9.17, 15) is 9.13 Å². The second-order valence-corrected chi connectivity index (χ2v) is 4.16. The molecule has 9 nitrogen and oxygen atoms in total. The van der Waals surface area contributed by atoms with Crippen LogP contribution in [0.4, 0.5) is 0 Å². The Kier molecular flexibility index (Phi) is 14.0. The van der Waals surface area contributed by atoms with Crippen LogP contribution in [-0.4, -0.2) is 19.6 Å². The Morgan fingerprint density at radius 1 is 0.833 bits per heavy atom. The third-order valence-corrected chi connectivity index (χ3v) is 2.34. The van der Waals surface area contributed by atoms with Crippen LogP contribution in [0.3, 0.4) is 0 Å². The van der Waals surface area contributed by atoms with Gasteiger partial charge < -0.3 is 31.9 Å². The van der Waals surface area contributed by atoms with Gasteiger partial charge in [-0.15, -0.1) is 4.86 Å². The molecule has 0 aliphatic heterocycles. The molecule has 0 saturated carbocycles. The molecule has 0 fully saturated rings. The van der Waals surface area contributed by atoms with E-state index in [1.807, 2.05) is 0 Å². The third kappa shape index (κ3) is 22.4. The maximum atomic E-state index is 9.74. The molecule has 0 rings (SSSR count). The van der Waals surface area contributed by atoms with Crippen LogP contribution in [0, 0.1) is 0 Å². The Morgan fingerprint density at radius 3 is 1.00 bits per heavy atom. The maximum absolute atomic E-state index is 9.74. The summed E-state index contributed by atoms with van der Waals surface area (Å²) in [4.78, 5) is 32.2. The molecule has 0 unspecified atom stereocenters. The van der Waals surface area contributed by atoms with Gasteiger partial charge in [0.05, 0.1) is 0 Å². The predicted octanol–water partition coefficient (Wildman–Crippen LogP) is 0.193. The molecule has 0 heterocycles. The van der Waals surface area contributed by atoms with Crippen molar-refractivity contribution in [3.8, 4) is 0 Å². The van der Waals surface area contributed by atoms with E-state index in [-0.39, 0.29) is 33.4 Å². The van der Waals surface area contributed by atoms with Crippen molar-refractivity contribution in [2.45, 2.75) is 0 Å². The van der Waals surface area contributed by atoms with Gasteiger partial charge in [-0.1, -0.05) is 0 Å². The standard InChI is InChI=1S/H5NO6P2.2H2N.Pt/c2-8(3,4)1-9(5,6)7;;;/h(H5,1,2,3,4,5,6,7);2*1H2;/q;2*-1;+2. The molecule has 0 atom stereocenters. The zero-order chi connectivity index (χ0) is 7.71. The van der Waals surface area contributed by atoms with Gasteiger partial charge in [-0.3, -0.25) is 0 Å². The fourth-order valence-corrected chi connectivity index (χ4v) is 1.53. The zero-order valence-corrected chi connectivity index (χ0v) is 9.53. The number of hydrogen-bond acceptors (Lipinski definition) is 2. The van der Waals surface area contributed by atoms with Crippen LogP contribution in [0.1, 0.15) is 0 Å². The second-order valence-electron chi connectivity index (χ2n) is 1.19. The first-order valence-corrected chi connectivity index (χ1v) is 4.84. The summed E-state index contributed by atoms with van der Waals surface area (Å²) >= 11 is 0. The molecule has 12 heteroatoms. The first-order valence-electron chi connectivity index (χ1n) is 1.61. The predicted molar refractivity (Wildman–Crippen MR) is 37.8 cm³/mol. The minimum atomic E-state index is -4.80. The minimum Gasteiger partial charge on any atom is -0.693 e. The topological polar surface area (TPSA) is 194 Å². The van der Waals surface area contributed by atoms with E-state index in [1.165, 1.54) is 0 Å². The quantitative estimate of drug-likeness (QED) is 0.405. The van der Waals surface area contributed by atoms with Crippen molar-refractivity contribution in [2.24, 2.45) is 0 Å². The maximum Gasteiger partial charge on any atom is 2.00 e. The third-order valence-electron chi connectivity index (χ3n) is 0.261. The van der Waals surface area contributed by atoms with Crippen molar-refractivity contribution in [1.82, 2.24) is 4.86 Å². The van der Waals surface area contributed by atoms with Gasteiger partial charge >= 0.3 is 36.6 Å². The SMILES string of the molecule is O=P(O)(O)NP(=O)(O)O.[NH2-].[NH2-].[Pt+2]. The minimum absolute atomic E-state index is 0. The smallest absolute Gasteiger partial charge is 0.693 e. The summed E-state index contributed by atoms with van der Waals surface area (Å²) in [6, 6.07) is 0. The van der Waals surface area contributed by atoms with Crippen molar-refractivity contribution in [3.05, 3.63) is 12.3 Å². The molecule has 0 aromatic rings. The summed E-state index contributed by atoms with van der Waals surface area (Å²) in [5, 5.41) is 0. The van der Waals surface area contributed by atoms with Crippen LogP contribution < -0.4 is 4.86 Å². The molecule has 0 spiro atoms. The average Bonchev–Trinajstić information content (AvgIpc) is 1.14. The van der Waals surface area contributed by atoms with E-state index < -0.39 is 15.5 Å². The Bertz CT molecular complexity index is 161. The van der Waals surface area contributed by atoms with Crippen molar-refractivity contribution in [2.75, 3.05) is 0 Å². The van der Waals surface area contributed by atoms with E-state index in [4.69, 9.17) is 19.6 Å². The number of rotatable bonds is 2. The average molecular weight is 404 g/mol. The molecule has 0 aliphatic carbocycles. The molecule has 80 valence electrons. The normalized spacial score (nSPS) is 10.3. The molecule has 0 amide bonds. The van der Waals surface area contributed by atoms with Crippen molar-refractivity contribution >= 4 is 15.5 Å². The van der Waals surface area contributed by atoms with Gasteiger partial charge in [0.2, 0.25) is 0 Å². The first-order chi connectivity index (χ1) is 3.71. The molecule has 0 radical (unpaired) electrons. The van der Waals surface area contributed by atoms with Gasteiger partial charge in [0.15, 0.2) is 0 Å². The summed E-state index contributed by atoms with van der Waals surface area (Å²) in [6.45, 7) is 0. The van der Waals surface area contributed by atoms with Crippen LogP contribution in [0.5, 0.6) is 0 Å². The summed E-state index contributed by atoms with van der Waals surface area (Å²) in [5.41, 5.74) is 0. The Balaban J connectivity index is -0.000000107. The van der Waals surface area contributed by atoms with Crippen LogP contribution in [0.2, 0.25) is 0 Å². The number of nitrogens with one attached hydrogen (secondary N) is 1. The van der Waals surface area contributed by atoms with Crippen LogP contribution in [-0.2, 0) is 30.2 Å². The van der Waals surface area contributed by atoms with Gasteiger partial charge in [-0.05, 0) is 0 Å². The molecule has 0 aromatic carbocycles. The zero-order valence-electron chi connectivity index (χ0n) is 5.47. The van der Waals surface area contributed by atoms with Gasteiger partial charge in [-0.2, -0.15) is 0 Å². The van der Waals surface area contributed by atoms with Crippen molar-refractivity contribution < 1.29 is 49.8 Å². The van der Waals surface area contributed by atoms with Crippen LogP contribution in [0.25, 0.3) is 12.3 Å². The summed E-state index contributed by atoms with van der Waals surface area (Å²) in [7, 11) is -9.60. The molecule has 0 aliphatic rings. The Hall–Kier alpha value is 0.868. The van der Waals surface area contributed by atoms with E-state index in [0.29, 0.717) is 0 Å². The van der Waals surface area contributed by atoms with Crippen molar-refractivity contribution in [3.63, 3.8) is 0 Å². The van der Waals surface area contributed by atoms with E-state index >= 15 is 0 Å². The molecule has 12 heavy (non-hydrogen) atoms. The van der Waals surface area contributed by atoms with Gasteiger partial charge in [-0.25, -0.2) is 9.13 Å². The van der Waals surface area contributed by atoms with E-state index in [2.05, 4.69) is 0 Å². The molecule has 0 saturated heterocycles. The van der Waals surface area contributed by atoms with E-state index in [0.717, 1.165) is 4.86 Å². The first kappa shape index (κ1) is 23.0. The summed E-state index contributed by atoms with van der Waals surface area (Å²) in [6.07, 6.45) is 0. The largest absolute Gasteiger partial charge is 2.00 e. The van der Waals surface area contributed by atoms with Gasteiger partial charge in [0.1, 0.15) is 0 Å². The van der Waals surface area contributed by atoms with Crippen molar-refractivity contribution in [1.29, 1.82) is 0 Å². The summed E-state index contributed by atoms with van der Waals surface area (Å²) in [5.74, 6) is 0. The number of nitrogens with two attached hydrogens (primary N) is 2.